The molecule has 1 unspecified atom stereocenters. The van der Waals surface area contributed by atoms with Gasteiger partial charge in [0.1, 0.15) is 0 Å². The number of anilines is 1. The van der Waals surface area contributed by atoms with Gasteiger partial charge in [-0.1, -0.05) is 12.1 Å². The molecule has 184 valence electrons. The number of rotatable bonds is 5. The molecule has 37 heavy (non-hydrogen) atoms. The van der Waals surface area contributed by atoms with Gasteiger partial charge in [0.05, 0.1) is 34.7 Å². The lowest BCUT2D eigenvalue weighted by atomic mass is 10.1. The van der Waals surface area contributed by atoms with Crippen LogP contribution >= 0.6 is 0 Å². The minimum absolute atomic E-state index is 0.147. The number of nitrogens with zero attached hydrogens (tertiary/aromatic N) is 2. The number of benzene rings is 3. The van der Waals surface area contributed by atoms with E-state index in [0.717, 1.165) is 12.8 Å². The van der Waals surface area contributed by atoms with Crippen LogP contribution in [0.15, 0.2) is 75.9 Å². The van der Waals surface area contributed by atoms with Crippen molar-refractivity contribution in [3.8, 4) is 11.5 Å². The van der Waals surface area contributed by atoms with Crippen LogP contribution in [0.4, 0.5) is 5.69 Å². The van der Waals surface area contributed by atoms with Gasteiger partial charge in [-0.05, 0) is 67.4 Å². The Morgan fingerprint density at radius 2 is 1.76 bits per heavy atom. The van der Waals surface area contributed by atoms with E-state index in [4.69, 9.17) is 9.15 Å². The summed E-state index contributed by atoms with van der Waals surface area (Å²) in [5, 5.41) is 3.19. The standard InChI is InChI=1S/C28H21N3O6/c32-24(17-9-12-20-22(14-17)27(34)31(26(20)33)15-19-4-3-13-36-19)29-18-10-7-16(8-11-18)25-30-23-6-2-1-5-21(23)28(35)37-25/h1-2,5-12,14,19H,3-4,13,15H2,(H,29,32). The van der Waals surface area contributed by atoms with Crippen molar-refractivity contribution in [2.75, 3.05) is 18.5 Å². The summed E-state index contributed by atoms with van der Waals surface area (Å²) in [6.45, 7) is 0.846. The summed E-state index contributed by atoms with van der Waals surface area (Å²) in [4.78, 5) is 56.4. The van der Waals surface area contributed by atoms with Crippen molar-refractivity contribution < 1.29 is 23.5 Å². The summed E-state index contributed by atoms with van der Waals surface area (Å²) < 4.78 is 10.9. The molecule has 9 nitrogen and oxygen atoms in total. The molecule has 4 aromatic rings. The molecule has 1 N–H and O–H groups in total. The highest BCUT2D eigenvalue weighted by Crippen LogP contribution is 2.27. The minimum atomic E-state index is -0.475. The first-order valence-electron chi connectivity index (χ1n) is 11.9. The first kappa shape index (κ1) is 22.8. The number of ether oxygens (including phenoxy) is 1. The van der Waals surface area contributed by atoms with E-state index in [1.165, 1.54) is 23.1 Å². The van der Waals surface area contributed by atoms with E-state index in [1.807, 2.05) is 0 Å². The Labute approximate surface area is 210 Å². The van der Waals surface area contributed by atoms with Crippen molar-refractivity contribution >= 4 is 34.3 Å². The molecule has 1 aromatic heterocycles. The number of imide groups is 1. The van der Waals surface area contributed by atoms with Gasteiger partial charge in [-0.2, -0.15) is 0 Å². The van der Waals surface area contributed by atoms with Crippen LogP contribution in [0.3, 0.4) is 0 Å². The smallest absolute Gasteiger partial charge is 0.347 e. The Hall–Kier alpha value is -4.63. The number of aromatic nitrogens is 1. The Balaban J connectivity index is 1.18. The fraction of sp³-hybridized carbons (Fsp3) is 0.179. The van der Waals surface area contributed by atoms with Gasteiger partial charge < -0.3 is 14.5 Å². The van der Waals surface area contributed by atoms with Gasteiger partial charge in [-0.3, -0.25) is 19.3 Å². The Morgan fingerprint density at radius 1 is 0.973 bits per heavy atom. The zero-order valence-electron chi connectivity index (χ0n) is 19.6. The van der Waals surface area contributed by atoms with Crippen LogP contribution in [0.1, 0.15) is 43.9 Å². The second-order valence-electron chi connectivity index (χ2n) is 8.97. The Kier molecular flexibility index (Phi) is 5.61. The van der Waals surface area contributed by atoms with E-state index < -0.39 is 17.4 Å². The predicted molar refractivity (Wildman–Crippen MR) is 134 cm³/mol. The van der Waals surface area contributed by atoms with Gasteiger partial charge in [-0.25, -0.2) is 9.78 Å². The number of amides is 3. The van der Waals surface area contributed by atoms with Crippen molar-refractivity contribution in [2.24, 2.45) is 0 Å². The molecule has 3 heterocycles. The second-order valence-corrected chi connectivity index (χ2v) is 8.97. The average molecular weight is 495 g/mol. The third-order valence-electron chi connectivity index (χ3n) is 6.57. The van der Waals surface area contributed by atoms with E-state index in [0.29, 0.717) is 28.8 Å². The highest BCUT2D eigenvalue weighted by molar-refractivity contribution is 6.22. The van der Waals surface area contributed by atoms with Gasteiger partial charge in [0.2, 0.25) is 5.89 Å². The highest BCUT2D eigenvalue weighted by Gasteiger charge is 2.38. The van der Waals surface area contributed by atoms with Gasteiger partial charge in [-0.15, -0.1) is 0 Å². The largest absolute Gasteiger partial charge is 0.403 e. The molecule has 0 radical (unpaired) electrons. The van der Waals surface area contributed by atoms with Crippen LogP contribution in [0.2, 0.25) is 0 Å². The molecule has 1 atom stereocenters. The predicted octanol–water partition coefficient (Wildman–Crippen LogP) is 3.88. The third kappa shape index (κ3) is 4.19. The van der Waals surface area contributed by atoms with E-state index in [1.54, 1.807) is 48.5 Å². The number of hydrogen-bond donors (Lipinski definition) is 1. The van der Waals surface area contributed by atoms with Crippen LogP contribution in [0.5, 0.6) is 0 Å². The Bertz CT molecular complexity index is 1620. The molecular weight excluding hydrogens is 474 g/mol. The fourth-order valence-electron chi connectivity index (χ4n) is 4.63. The lowest BCUT2D eigenvalue weighted by molar-refractivity contribution is 0.0475. The van der Waals surface area contributed by atoms with Crippen LogP contribution in [0.25, 0.3) is 22.4 Å². The maximum absolute atomic E-state index is 12.9. The van der Waals surface area contributed by atoms with Crippen molar-refractivity contribution in [1.29, 1.82) is 0 Å². The molecule has 3 aromatic carbocycles. The lowest BCUT2D eigenvalue weighted by Crippen LogP contribution is -2.36. The number of para-hydroxylation sites is 1. The molecule has 6 rings (SSSR count). The molecule has 2 aliphatic rings. The van der Waals surface area contributed by atoms with E-state index in [-0.39, 0.29) is 41.1 Å². The maximum atomic E-state index is 12.9. The highest BCUT2D eigenvalue weighted by atomic mass is 16.5. The summed E-state index contributed by atoms with van der Waals surface area (Å²) in [5.41, 5.74) is 1.89. The van der Waals surface area contributed by atoms with Crippen molar-refractivity contribution in [2.45, 2.75) is 18.9 Å². The molecule has 0 bridgehead atoms. The average Bonchev–Trinajstić information content (AvgIpc) is 3.52. The molecule has 2 aliphatic heterocycles. The van der Waals surface area contributed by atoms with Crippen LogP contribution < -0.4 is 10.9 Å². The zero-order chi connectivity index (χ0) is 25.5. The molecule has 1 fully saturated rings. The minimum Gasteiger partial charge on any atom is -0.403 e. The molecule has 0 saturated carbocycles. The zero-order valence-corrected chi connectivity index (χ0v) is 19.6. The van der Waals surface area contributed by atoms with Gasteiger partial charge in [0.15, 0.2) is 0 Å². The SMILES string of the molecule is O=C(Nc1ccc(-c2nc3ccccc3c(=O)o2)cc1)c1ccc2c(c1)C(=O)N(CC1CCCO1)C2=O. The fourth-order valence-corrected chi connectivity index (χ4v) is 4.63. The molecular formula is C28H21N3O6. The van der Waals surface area contributed by atoms with Crippen LogP contribution in [-0.4, -0.2) is 46.9 Å². The summed E-state index contributed by atoms with van der Waals surface area (Å²) in [7, 11) is 0. The third-order valence-corrected chi connectivity index (χ3v) is 6.57. The first-order valence-corrected chi connectivity index (χ1v) is 11.9. The first-order chi connectivity index (χ1) is 18.0. The molecule has 3 amide bonds. The van der Waals surface area contributed by atoms with Gasteiger partial charge in [0.25, 0.3) is 17.7 Å². The number of fused-ring (bicyclic) bond motifs is 2. The van der Waals surface area contributed by atoms with Crippen molar-refractivity contribution in [1.82, 2.24) is 9.88 Å². The second kappa shape index (κ2) is 9.11. The summed E-state index contributed by atoms with van der Waals surface area (Å²) in [6, 6.07) is 18.1. The molecule has 0 spiro atoms. The topological polar surface area (TPSA) is 119 Å². The van der Waals surface area contributed by atoms with E-state index in [9.17, 15) is 19.2 Å². The molecule has 9 heteroatoms. The molecule has 0 aliphatic carbocycles. The van der Waals surface area contributed by atoms with Crippen molar-refractivity contribution in [3.05, 3.63) is 93.8 Å². The van der Waals surface area contributed by atoms with Crippen LogP contribution in [0, 0.1) is 0 Å². The normalized spacial score (nSPS) is 16.9. The Morgan fingerprint density at radius 3 is 2.54 bits per heavy atom. The van der Waals surface area contributed by atoms with Gasteiger partial charge in [0, 0.05) is 23.4 Å². The summed E-state index contributed by atoms with van der Waals surface area (Å²) in [5.74, 6) is -1.04. The van der Waals surface area contributed by atoms with Crippen molar-refractivity contribution in [3.63, 3.8) is 0 Å². The van der Waals surface area contributed by atoms with Gasteiger partial charge >= 0.3 is 5.63 Å². The van der Waals surface area contributed by atoms with E-state index in [2.05, 4.69) is 10.3 Å². The maximum Gasteiger partial charge on any atom is 0.347 e. The van der Waals surface area contributed by atoms with Crippen LogP contribution in [-0.2, 0) is 4.74 Å². The monoisotopic (exact) mass is 495 g/mol. The molecule has 1 saturated heterocycles. The summed E-state index contributed by atoms with van der Waals surface area (Å²) >= 11 is 0. The number of carbonyl (C=O) groups is 3. The van der Waals surface area contributed by atoms with E-state index >= 15 is 0 Å². The number of carbonyl (C=O) groups excluding carboxylic acids is 3. The quantitative estimate of drug-likeness (QED) is 0.417. The number of hydrogen-bond acceptors (Lipinski definition) is 7. The lowest BCUT2D eigenvalue weighted by Gasteiger charge is -2.17. The summed E-state index contributed by atoms with van der Waals surface area (Å²) in [6.07, 6.45) is 1.57. The number of nitrogens with one attached hydrogen (secondary N) is 1.